The molecule has 4 nitrogen and oxygen atoms in total. The molecule has 0 aliphatic rings. The van der Waals surface area contributed by atoms with Crippen molar-refractivity contribution in [3.63, 3.8) is 0 Å². The van der Waals surface area contributed by atoms with E-state index in [1.807, 2.05) is 6.92 Å². The van der Waals surface area contributed by atoms with Crippen LogP contribution < -0.4 is 11.5 Å². The lowest BCUT2D eigenvalue weighted by Gasteiger charge is -2.25. The van der Waals surface area contributed by atoms with Gasteiger partial charge >= 0.3 is 9.28 Å². The molecule has 0 spiro atoms. The van der Waals surface area contributed by atoms with E-state index in [-0.39, 0.29) is 0 Å². The smallest absolute Gasteiger partial charge is 0.323 e. The standard InChI is InChI=1S/C7H20N2O2Si/c1-4-6-12(10-5-2)11-7(3,8)9/h12H,4-6,8-9H2,1-3H3. The van der Waals surface area contributed by atoms with Crippen molar-refractivity contribution in [2.75, 3.05) is 6.61 Å². The molecule has 0 aromatic rings. The van der Waals surface area contributed by atoms with E-state index in [9.17, 15) is 0 Å². The molecule has 0 aromatic carbocycles. The van der Waals surface area contributed by atoms with Crippen LogP contribution in [0.3, 0.4) is 0 Å². The second-order valence-corrected chi connectivity index (χ2v) is 4.98. The zero-order chi connectivity index (χ0) is 9.61. The molecule has 1 unspecified atom stereocenters. The highest BCUT2D eigenvalue weighted by atomic mass is 28.3. The number of hydrogen-bond acceptors (Lipinski definition) is 4. The predicted octanol–water partition coefficient (Wildman–Crippen LogP) is 0.261. The fourth-order valence-corrected chi connectivity index (χ4v) is 2.64. The summed E-state index contributed by atoms with van der Waals surface area (Å²) in [5.74, 6) is -1.04. The highest BCUT2D eigenvalue weighted by Crippen LogP contribution is 2.05. The number of nitrogens with two attached hydrogens (primary N) is 2. The highest BCUT2D eigenvalue weighted by molar-refractivity contribution is 6.44. The van der Waals surface area contributed by atoms with Crippen molar-refractivity contribution in [1.29, 1.82) is 0 Å². The molecule has 12 heavy (non-hydrogen) atoms. The minimum atomic E-state index is -1.61. The molecule has 74 valence electrons. The Morgan fingerprint density at radius 1 is 1.33 bits per heavy atom. The van der Waals surface area contributed by atoms with E-state index in [1.54, 1.807) is 6.92 Å². The molecule has 0 bridgehead atoms. The van der Waals surface area contributed by atoms with Crippen LogP contribution in [0.4, 0.5) is 0 Å². The van der Waals surface area contributed by atoms with Crippen LogP contribution in [0.15, 0.2) is 0 Å². The fourth-order valence-electron chi connectivity index (χ4n) is 0.881. The van der Waals surface area contributed by atoms with Crippen LogP contribution in [0.5, 0.6) is 0 Å². The summed E-state index contributed by atoms with van der Waals surface area (Å²) >= 11 is 0. The van der Waals surface area contributed by atoms with Gasteiger partial charge in [0.15, 0.2) is 5.85 Å². The molecule has 0 radical (unpaired) electrons. The van der Waals surface area contributed by atoms with Crippen LogP contribution in [0, 0.1) is 0 Å². The van der Waals surface area contributed by atoms with Crippen molar-refractivity contribution in [2.45, 2.75) is 39.1 Å². The maximum absolute atomic E-state index is 5.51. The SMILES string of the molecule is CCC[SiH](OCC)OC(C)(N)N. The van der Waals surface area contributed by atoms with Crippen molar-refractivity contribution in [3.05, 3.63) is 0 Å². The summed E-state index contributed by atoms with van der Waals surface area (Å²) in [6.45, 7) is 6.35. The minimum absolute atomic E-state index is 0.674. The first-order valence-corrected chi connectivity index (χ1v) is 6.12. The Labute approximate surface area is 76.1 Å². The van der Waals surface area contributed by atoms with Crippen LogP contribution in [0.1, 0.15) is 27.2 Å². The van der Waals surface area contributed by atoms with Crippen molar-refractivity contribution in [1.82, 2.24) is 0 Å². The predicted molar refractivity (Wildman–Crippen MR) is 51.7 cm³/mol. The molecular formula is C7H20N2O2Si. The molecule has 4 N–H and O–H groups in total. The molecule has 0 fully saturated rings. The Morgan fingerprint density at radius 3 is 2.25 bits per heavy atom. The van der Waals surface area contributed by atoms with Crippen LogP contribution in [0.25, 0.3) is 0 Å². The average Bonchev–Trinajstić information content (AvgIpc) is 1.84. The van der Waals surface area contributed by atoms with Crippen molar-refractivity contribution in [3.8, 4) is 0 Å². The zero-order valence-corrected chi connectivity index (χ0v) is 9.32. The second kappa shape index (κ2) is 5.66. The van der Waals surface area contributed by atoms with Gasteiger partial charge in [-0.05, 0) is 19.9 Å². The monoisotopic (exact) mass is 192 g/mol. The maximum atomic E-state index is 5.51. The van der Waals surface area contributed by atoms with Gasteiger partial charge in [-0.15, -0.1) is 0 Å². The average molecular weight is 192 g/mol. The summed E-state index contributed by atoms with van der Waals surface area (Å²) < 4.78 is 10.8. The van der Waals surface area contributed by atoms with Gasteiger partial charge in [-0.1, -0.05) is 13.3 Å². The van der Waals surface area contributed by atoms with E-state index in [0.29, 0.717) is 6.61 Å². The molecule has 1 atom stereocenters. The van der Waals surface area contributed by atoms with Crippen molar-refractivity contribution >= 4 is 9.28 Å². The Balaban J connectivity index is 3.77. The largest absolute Gasteiger partial charge is 0.397 e. The molecule has 0 rings (SSSR count). The van der Waals surface area contributed by atoms with Gasteiger partial charge in [-0.3, -0.25) is 11.5 Å². The molecule has 0 saturated heterocycles. The van der Waals surface area contributed by atoms with Gasteiger partial charge in [-0.25, -0.2) is 0 Å². The fraction of sp³-hybridized carbons (Fsp3) is 1.00. The first-order chi connectivity index (χ1) is 5.49. The Kier molecular flexibility index (Phi) is 5.69. The van der Waals surface area contributed by atoms with Gasteiger partial charge in [0.05, 0.1) is 0 Å². The third-order valence-corrected chi connectivity index (χ3v) is 3.79. The summed E-state index contributed by atoms with van der Waals surface area (Å²) in [4.78, 5) is 0. The molecule has 0 saturated carbocycles. The molecule has 0 aromatic heterocycles. The van der Waals surface area contributed by atoms with Crippen molar-refractivity contribution < 1.29 is 8.85 Å². The Hall–Kier alpha value is 0.0569. The van der Waals surface area contributed by atoms with Gasteiger partial charge in [-0.2, -0.15) is 0 Å². The van der Waals surface area contributed by atoms with Gasteiger partial charge < -0.3 is 8.85 Å². The molecule has 0 heterocycles. The van der Waals surface area contributed by atoms with Crippen molar-refractivity contribution in [2.24, 2.45) is 11.5 Å². The first-order valence-electron chi connectivity index (χ1n) is 4.36. The number of rotatable bonds is 6. The normalized spacial score (nSPS) is 14.8. The highest BCUT2D eigenvalue weighted by Gasteiger charge is 2.20. The Morgan fingerprint density at radius 2 is 1.92 bits per heavy atom. The minimum Gasteiger partial charge on any atom is -0.397 e. The summed E-state index contributed by atoms with van der Waals surface area (Å²) in [7, 11) is -1.61. The summed E-state index contributed by atoms with van der Waals surface area (Å²) in [5.41, 5.74) is 11.0. The van der Waals surface area contributed by atoms with E-state index >= 15 is 0 Å². The van der Waals surface area contributed by atoms with Crippen LogP contribution in [-0.2, 0) is 8.85 Å². The summed E-state index contributed by atoms with van der Waals surface area (Å²) in [6, 6.07) is 0.956. The van der Waals surface area contributed by atoms with E-state index in [1.165, 1.54) is 0 Å². The number of hydrogen-bond donors (Lipinski definition) is 2. The van der Waals surface area contributed by atoms with E-state index in [2.05, 4.69) is 6.92 Å². The first kappa shape index (κ1) is 12.1. The lowest BCUT2D eigenvalue weighted by atomic mass is 10.6. The lowest BCUT2D eigenvalue weighted by Crippen LogP contribution is -2.52. The van der Waals surface area contributed by atoms with E-state index < -0.39 is 15.1 Å². The molecule has 0 aliphatic heterocycles. The van der Waals surface area contributed by atoms with Gasteiger partial charge in [0.25, 0.3) is 0 Å². The molecular weight excluding hydrogens is 172 g/mol. The second-order valence-electron chi connectivity index (χ2n) is 2.98. The quantitative estimate of drug-likeness (QED) is 0.468. The summed E-state index contributed by atoms with van der Waals surface area (Å²) in [5, 5.41) is 0. The van der Waals surface area contributed by atoms with E-state index in [0.717, 1.165) is 12.5 Å². The Bertz CT molecular complexity index is 110. The van der Waals surface area contributed by atoms with E-state index in [4.69, 9.17) is 20.3 Å². The zero-order valence-electron chi connectivity index (χ0n) is 8.17. The lowest BCUT2D eigenvalue weighted by molar-refractivity contribution is 0.0627. The van der Waals surface area contributed by atoms with Crippen LogP contribution in [-0.4, -0.2) is 21.7 Å². The van der Waals surface area contributed by atoms with Gasteiger partial charge in [0, 0.05) is 6.61 Å². The third kappa shape index (κ3) is 6.75. The maximum Gasteiger partial charge on any atom is 0.323 e. The molecule has 5 heteroatoms. The third-order valence-electron chi connectivity index (χ3n) is 1.26. The van der Waals surface area contributed by atoms with Crippen LogP contribution >= 0.6 is 0 Å². The van der Waals surface area contributed by atoms with Gasteiger partial charge in [0.2, 0.25) is 0 Å². The summed E-state index contributed by atoms with van der Waals surface area (Å²) in [6.07, 6.45) is 1.05. The van der Waals surface area contributed by atoms with Gasteiger partial charge in [0.1, 0.15) is 0 Å². The topological polar surface area (TPSA) is 70.5 Å². The molecule has 0 amide bonds. The van der Waals surface area contributed by atoms with Crippen LogP contribution in [0.2, 0.25) is 6.04 Å². The molecule has 0 aliphatic carbocycles.